The molecular formula is C24H26Cl2N2O4. The summed E-state index contributed by atoms with van der Waals surface area (Å²) in [4.78, 5) is 0. The van der Waals surface area contributed by atoms with Crippen LogP contribution in [0.2, 0.25) is 10.0 Å². The van der Waals surface area contributed by atoms with Gasteiger partial charge in [-0.05, 0) is 56.4 Å². The van der Waals surface area contributed by atoms with Crippen LogP contribution in [0.25, 0.3) is 0 Å². The van der Waals surface area contributed by atoms with E-state index in [1.165, 1.54) is 0 Å². The summed E-state index contributed by atoms with van der Waals surface area (Å²) in [5.74, 6) is 2.27. The molecule has 2 aromatic carbocycles. The first-order valence-corrected chi connectivity index (χ1v) is 11.2. The third kappa shape index (κ3) is 5.14. The molecule has 170 valence electrons. The molecule has 0 aliphatic heterocycles. The van der Waals surface area contributed by atoms with Crippen LogP contribution in [-0.2, 0) is 20.1 Å². The van der Waals surface area contributed by atoms with E-state index in [1.807, 2.05) is 38.2 Å². The summed E-state index contributed by atoms with van der Waals surface area (Å²) in [6.45, 7) is 2.27. The van der Waals surface area contributed by atoms with Crippen LogP contribution in [0.5, 0.6) is 23.1 Å². The van der Waals surface area contributed by atoms with Gasteiger partial charge in [0.15, 0.2) is 5.75 Å². The van der Waals surface area contributed by atoms with Crippen LogP contribution in [0.4, 0.5) is 0 Å². The lowest BCUT2D eigenvalue weighted by Gasteiger charge is -2.14. The highest BCUT2D eigenvalue weighted by Crippen LogP contribution is 2.42. The zero-order chi connectivity index (χ0) is 22.9. The molecule has 1 saturated carbocycles. The zero-order valence-electron chi connectivity index (χ0n) is 18.3. The second-order valence-corrected chi connectivity index (χ2v) is 8.98. The number of ether oxygens (including phenoxy) is 3. The molecular weight excluding hydrogens is 451 g/mol. The van der Waals surface area contributed by atoms with Gasteiger partial charge in [-0.25, -0.2) is 4.68 Å². The number of aliphatic hydroxyl groups is 1. The highest BCUT2D eigenvalue weighted by atomic mass is 35.5. The molecule has 1 fully saturated rings. The van der Waals surface area contributed by atoms with Crippen LogP contribution in [0, 0.1) is 6.92 Å². The molecule has 6 nitrogen and oxygen atoms in total. The van der Waals surface area contributed by atoms with Gasteiger partial charge in [-0.2, -0.15) is 5.10 Å². The largest absolute Gasteiger partial charge is 0.497 e. The first-order valence-electron chi connectivity index (χ1n) is 10.5. The van der Waals surface area contributed by atoms with Gasteiger partial charge in [0.05, 0.1) is 28.5 Å². The Morgan fingerprint density at radius 3 is 2.44 bits per heavy atom. The van der Waals surface area contributed by atoms with Gasteiger partial charge >= 0.3 is 0 Å². The minimum atomic E-state index is -0.542. The Hall–Kier alpha value is -2.41. The molecule has 1 aliphatic carbocycles. The van der Waals surface area contributed by atoms with E-state index in [2.05, 4.69) is 5.10 Å². The summed E-state index contributed by atoms with van der Waals surface area (Å²) < 4.78 is 19.0. The fourth-order valence-corrected chi connectivity index (χ4v) is 4.01. The van der Waals surface area contributed by atoms with Gasteiger partial charge in [-0.15, -0.1) is 0 Å². The number of halogens is 2. The quantitative estimate of drug-likeness (QED) is 0.418. The van der Waals surface area contributed by atoms with Gasteiger partial charge in [0.2, 0.25) is 5.88 Å². The molecule has 0 spiro atoms. The molecule has 1 heterocycles. The summed E-state index contributed by atoms with van der Waals surface area (Å²) in [6, 6.07) is 10.9. The number of aryl methyl sites for hydroxylation is 2. The molecule has 8 heteroatoms. The third-order valence-electron chi connectivity index (χ3n) is 5.70. The minimum Gasteiger partial charge on any atom is -0.497 e. The average molecular weight is 477 g/mol. The number of rotatable bonds is 9. The van der Waals surface area contributed by atoms with Crippen LogP contribution in [-0.4, -0.2) is 27.6 Å². The maximum atomic E-state index is 10.2. The molecule has 32 heavy (non-hydrogen) atoms. The van der Waals surface area contributed by atoms with Crippen LogP contribution in [0.1, 0.15) is 36.1 Å². The van der Waals surface area contributed by atoms with Crippen LogP contribution in [0.3, 0.4) is 0 Å². The van der Waals surface area contributed by atoms with E-state index >= 15 is 0 Å². The van der Waals surface area contributed by atoms with Crippen LogP contribution in [0.15, 0.2) is 36.4 Å². The lowest BCUT2D eigenvalue weighted by molar-refractivity contribution is 0.140. The first kappa shape index (κ1) is 22.8. The Morgan fingerprint density at radius 1 is 1.09 bits per heavy atom. The van der Waals surface area contributed by atoms with Gasteiger partial charge < -0.3 is 19.3 Å². The van der Waals surface area contributed by atoms with E-state index < -0.39 is 5.60 Å². The van der Waals surface area contributed by atoms with Crippen molar-refractivity contribution in [1.29, 1.82) is 0 Å². The van der Waals surface area contributed by atoms with Crippen molar-refractivity contribution < 1.29 is 19.3 Å². The van der Waals surface area contributed by atoms with Crippen molar-refractivity contribution in [1.82, 2.24) is 9.78 Å². The van der Waals surface area contributed by atoms with Gasteiger partial charge in [-0.3, -0.25) is 0 Å². The molecule has 1 N–H and O–H groups in total. The summed E-state index contributed by atoms with van der Waals surface area (Å²) in [5.41, 5.74) is 2.26. The molecule has 4 rings (SSSR count). The average Bonchev–Trinajstić information content (AvgIpc) is 3.44. The standard InChI is InChI=1S/C24H26Cl2N2O4/c1-15-18(8-9-24(29)10-11-24)23(28(2)27-15)32-22-13-21(19(25)12-20(22)26)31-14-16-4-6-17(30-3)7-5-16/h4-7,12-13,29H,8-11,14H2,1-3H3. The summed E-state index contributed by atoms with van der Waals surface area (Å²) >= 11 is 12.8. The lowest BCUT2D eigenvalue weighted by Crippen LogP contribution is -2.08. The Balaban J connectivity index is 1.52. The Bertz CT molecular complexity index is 1110. The Kier molecular flexibility index (Phi) is 6.56. The van der Waals surface area contributed by atoms with Crippen molar-refractivity contribution in [2.45, 2.75) is 44.8 Å². The minimum absolute atomic E-state index is 0.333. The summed E-state index contributed by atoms with van der Waals surface area (Å²) in [7, 11) is 3.45. The zero-order valence-corrected chi connectivity index (χ0v) is 19.8. The van der Waals surface area contributed by atoms with Crippen molar-refractivity contribution in [2.75, 3.05) is 7.11 Å². The Labute approximate surface area is 197 Å². The van der Waals surface area contributed by atoms with Gasteiger partial charge in [0.25, 0.3) is 0 Å². The van der Waals surface area contributed by atoms with E-state index in [4.69, 9.17) is 37.4 Å². The molecule has 1 aliphatic rings. The highest BCUT2D eigenvalue weighted by Gasteiger charge is 2.40. The van der Waals surface area contributed by atoms with Crippen molar-refractivity contribution in [3.05, 3.63) is 63.3 Å². The van der Waals surface area contributed by atoms with E-state index in [9.17, 15) is 5.11 Å². The second kappa shape index (κ2) is 9.22. The predicted octanol–water partition coefficient (Wildman–Crippen LogP) is 5.87. The maximum Gasteiger partial charge on any atom is 0.221 e. The number of aromatic nitrogens is 2. The fraction of sp³-hybridized carbons (Fsp3) is 0.375. The SMILES string of the molecule is COc1ccc(COc2cc(Oc3c(CCC4(O)CC4)c(C)nn3C)c(Cl)cc2Cl)cc1. The van der Waals surface area contributed by atoms with E-state index in [1.54, 1.807) is 23.9 Å². The van der Waals surface area contributed by atoms with Crippen molar-refractivity contribution in [2.24, 2.45) is 7.05 Å². The van der Waals surface area contributed by atoms with E-state index in [0.29, 0.717) is 46.9 Å². The van der Waals surface area contributed by atoms with E-state index in [-0.39, 0.29) is 0 Å². The normalized spacial score (nSPS) is 14.3. The molecule has 0 atom stereocenters. The Morgan fingerprint density at radius 2 is 1.78 bits per heavy atom. The fourth-order valence-electron chi connectivity index (χ4n) is 3.53. The van der Waals surface area contributed by atoms with Crippen LogP contribution >= 0.6 is 23.2 Å². The number of hydrogen-bond acceptors (Lipinski definition) is 5. The summed E-state index contributed by atoms with van der Waals surface area (Å²) in [6.07, 6.45) is 3.05. The smallest absolute Gasteiger partial charge is 0.221 e. The number of hydrogen-bond donors (Lipinski definition) is 1. The predicted molar refractivity (Wildman–Crippen MR) is 124 cm³/mol. The molecule has 3 aromatic rings. The summed E-state index contributed by atoms with van der Waals surface area (Å²) in [5, 5.41) is 15.5. The lowest BCUT2D eigenvalue weighted by atomic mass is 10.1. The highest BCUT2D eigenvalue weighted by molar-refractivity contribution is 6.36. The molecule has 0 bridgehead atoms. The van der Waals surface area contributed by atoms with Crippen molar-refractivity contribution in [3.8, 4) is 23.1 Å². The van der Waals surface area contributed by atoms with Gasteiger partial charge in [0, 0.05) is 18.7 Å². The van der Waals surface area contributed by atoms with Crippen molar-refractivity contribution in [3.63, 3.8) is 0 Å². The monoisotopic (exact) mass is 476 g/mol. The van der Waals surface area contributed by atoms with Gasteiger partial charge in [-0.1, -0.05) is 35.3 Å². The van der Waals surface area contributed by atoms with Gasteiger partial charge in [0.1, 0.15) is 18.1 Å². The van der Waals surface area contributed by atoms with Crippen LogP contribution < -0.4 is 14.2 Å². The molecule has 0 unspecified atom stereocenters. The first-order chi connectivity index (χ1) is 15.3. The molecule has 0 amide bonds. The molecule has 1 aromatic heterocycles. The number of methoxy groups -OCH3 is 1. The van der Waals surface area contributed by atoms with Crippen molar-refractivity contribution >= 4 is 23.2 Å². The number of benzene rings is 2. The molecule has 0 saturated heterocycles. The third-order valence-corrected chi connectivity index (χ3v) is 6.29. The van der Waals surface area contributed by atoms with E-state index in [0.717, 1.165) is 35.4 Å². The second-order valence-electron chi connectivity index (χ2n) is 8.17. The molecule has 0 radical (unpaired) electrons. The maximum absolute atomic E-state index is 10.2. The topological polar surface area (TPSA) is 65.7 Å². The number of nitrogens with zero attached hydrogens (tertiary/aromatic N) is 2.